The van der Waals surface area contributed by atoms with E-state index >= 15 is 0 Å². The van der Waals surface area contributed by atoms with Crippen molar-refractivity contribution < 1.29 is 19.4 Å². The van der Waals surface area contributed by atoms with Gasteiger partial charge >= 0.3 is 12.0 Å². The van der Waals surface area contributed by atoms with Crippen molar-refractivity contribution >= 4 is 33.6 Å². The molecule has 1 aromatic rings. The molecular weight excluding hydrogens is 340 g/mol. The van der Waals surface area contributed by atoms with Crippen LogP contribution in [0.2, 0.25) is 0 Å². The standard InChI is InChI=1S/C14H17BrN2O4/c1-2-21-12-6-11(7-12)17-14(20)16-10-4-8(13(18)19)3-9(15)5-10/h3-5,11-12H,2,6-7H2,1H3,(H,18,19)(H2,16,17,20). The number of halogens is 1. The van der Waals surface area contributed by atoms with Gasteiger partial charge in [-0.05, 0) is 38.0 Å². The lowest BCUT2D eigenvalue weighted by Crippen LogP contribution is -2.49. The number of nitrogens with one attached hydrogen (secondary N) is 2. The number of amides is 2. The first kappa shape index (κ1) is 15.8. The number of carboxylic acid groups (broad SMARTS) is 1. The van der Waals surface area contributed by atoms with Crippen LogP contribution in [0.25, 0.3) is 0 Å². The Balaban J connectivity index is 1.87. The maximum absolute atomic E-state index is 11.8. The number of carbonyl (C=O) groups excluding carboxylic acids is 1. The molecule has 0 saturated heterocycles. The van der Waals surface area contributed by atoms with Crippen LogP contribution < -0.4 is 10.6 Å². The number of rotatable bonds is 5. The molecule has 0 heterocycles. The van der Waals surface area contributed by atoms with Gasteiger partial charge < -0.3 is 20.5 Å². The number of anilines is 1. The van der Waals surface area contributed by atoms with Crippen molar-refractivity contribution in [2.45, 2.75) is 31.9 Å². The van der Waals surface area contributed by atoms with Crippen LogP contribution in [0, 0.1) is 0 Å². The van der Waals surface area contributed by atoms with E-state index in [-0.39, 0.29) is 23.7 Å². The third-order valence-corrected chi connectivity index (χ3v) is 3.69. The fraction of sp³-hybridized carbons (Fsp3) is 0.429. The average molecular weight is 357 g/mol. The first-order chi connectivity index (χ1) is 9.97. The summed E-state index contributed by atoms with van der Waals surface area (Å²) in [5.74, 6) is -1.04. The number of hydrogen-bond acceptors (Lipinski definition) is 3. The highest BCUT2D eigenvalue weighted by atomic mass is 79.9. The molecule has 1 aliphatic carbocycles. The Morgan fingerprint density at radius 3 is 2.71 bits per heavy atom. The Kier molecular flexibility index (Phi) is 5.19. The number of ether oxygens (including phenoxy) is 1. The Labute approximate surface area is 131 Å². The van der Waals surface area contributed by atoms with Crippen LogP contribution in [0.3, 0.4) is 0 Å². The molecule has 0 aliphatic heterocycles. The third-order valence-electron chi connectivity index (χ3n) is 3.24. The molecular formula is C14H17BrN2O4. The SMILES string of the molecule is CCOC1CC(NC(=O)Nc2cc(Br)cc(C(=O)O)c2)C1. The van der Waals surface area contributed by atoms with Gasteiger partial charge in [-0.3, -0.25) is 0 Å². The molecule has 2 rings (SSSR count). The molecule has 0 bridgehead atoms. The van der Waals surface area contributed by atoms with Crippen molar-refractivity contribution in [3.63, 3.8) is 0 Å². The minimum atomic E-state index is -1.04. The molecule has 0 spiro atoms. The normalized spacial score (nSPS) is 20.5. The van der Waals surface area contributed by atoms with Crippen LogP contribution in [0.4, 0.5) is 10.5 Å². The van der Waals surface area contributed by atoms with Gasteiger partial charge in [-0.15, -0.1) is 0 Å². The van der Waals surface area contributed by atoms with E-state index in [2.05, 4.69) is 26.6 Å². The monoisotopic (exact) mass is 356 g/mol. The maximum atomic E-state index is 11.8. The molecule has 3 N–H and O–H groups in total. The van der Waals surface area contributed by atoms with Crippen LogP contribution in [0.15, 0.2) is 22.7 Å². The first-order valence-corrected chi connectivity index (χ1v) is 7.50. The van der Waals surface area contributed by atoms with Crippen LogP contribution in [0.1, 0.15) is 30.1 Å². The summed E-state index contributed by atoms with van der Waals surface area (Å²) in [6.45, 7) is 2.63. The highest BCUT2D eigenvalue weighted by molar-refractivity contribution is 9.10. The largest absolute Gasteiger partial charge is 0.478 e. The topological polar surface area (TPSA) is 87.7 Å². The minimum Gasteiger partial charge on any atom is -0.478 e. The number of aromatic carboxylic acids is 1. The van der Waals surface area contributed by atoms with Crippen molar-refractivity contribution in [1.82, 2.24) is 5.32 Å². The summed E-state index contributed by atoms with van der Waals surface area (Å²) in [6, 6.07) is 4.30. The van der Waals surface area contributed by atoms with Crippen LogP contribution in [-0.2, 0) is 4.74 Å². The van der Waals surface area contributed by atoms with Gasteiger partial charge in [0.05, 0.1) is 11.7 Å². The van der Waals surface area contributed by atoms with E-state index in [1.807, 2.05) is 6.92 Å². The van der Waals surface area contributed by atoms with Crippen molar-refractivity contribution in [3.05, 3.63) is 28.2 Å². The number of urea groups is 1. The number of benzene rings is 1. The second-order valence-corrected chi connectivity index (χ2v) is 5.79. The van der Waals surface area contributed by atoms with Crippen LogP contribution in [-0.4, -0.2) is 35.9 Å². The second kappa shape index (κ2) is 6.91. The predicted molar refractivity (Wildman–Crippen MR) is 81.7 cm³/mol. The molecule has 0 atom stereocenters. The average Bonchev–Trinajstić information content (AvgIpc) is 2.35. The Bertz CT molecular complexity index is 544. The molecule has 2 amide bonds. The number of carbonyl (C=O) groups is 2. The van der Waals surface area contributed by atoms with E-state index in [0.717, 1.165) is 12.8 Å². The highest BCUT2D eigenvalue weighted by Crippen LogP contribution is 2.24. The van der Waals surface area contributed by atoms with E-state index in [0.29, 0.717) is 16.8 Å². The van der Waals surface area contributed by atoms with E-state index in [1.54, 1.807) is 6.07 Å². The van der Waals surface area contributed by atoms with E-state index in [1.165, 1.54) is 12.1 Å². The summed E-state index contributed by atoms with van der Waals surface area (Å²) in [4.78, 5) is 22.8. The van der Waals surface area contributed by atoms with Gasteiger partial charge in [0.25, 0.3) is 0 Å². The zero-order chi connectivity index (χ0) is 15.4. The second-order valence-electron chi connectivity index (χ2n) is 4.88. The summed E-state index contributed by atoms with van der Waals surface area (Å²) in [7, 11) is 0. The molecule has 0 unspecified atom stereocenters. The van der Waals surface area contributed by atoms with E-state index in [9.17, 15) is 9.59 Å². The number of carboxylic acids is 1. The summed E-state index contributed by atoms with van der Waals surface area (Å²) in [5.41, 5.74) is 0.541. The summed E-state index contributed by atoms with van der Waals surface area (Å²) in [6.07, 6.45) is 1.84. The maximum Gasteiger partial charge on any atom is 0.335 e. The molecule has 1 aromatic carbocycles. The number of hydrogen-bond donors (Lipinski definition) is 3. The molecule has 1 saturated carbocycles. The molecule has 6 nitrogen and oxygen atoms in total. The van der Waals surface area contributed by atoms with Crippen molar-refractivity contribution in [3.8, 4) is 0 Å². The molecule has 7 heteroatoms. The molecule has 1 fully saturated rings. The molecule has 0 radical (unpaired) electrons. The smallest absolute Gasteiger partial charge is 0.335 e. The third kappa shape index (κ3) is 4.44. The van der Waals surface area contributed by atoms with Gasteiger partial charge in [0, 0.05) is 22.8 Å². The Hall–Kier alpha value is -1.60. The molecule has 1 aliphatic rings. The minimum absolute atomic E-state index is 0.104. The van der Waals surface area contributed by atoms with Crippen LogP contribution >= 0.6 is 15.9 Å². The summed E-state index contributed by atoms with van der Waals surface area (Å²) < 4.78 is 6.02. The first-order valence-electron chi connectivity index (χ1n) is 6.71. The molecule has 114 valence electrons. The van der Waals surface area contributed by atoms with Crippen molar-refractivity contribution in [2.24, 2.45) is 0 Å². The Morgan fingerprint density at radius 2 is 2.10 bits per heavy atom. The fourth-order valence-corrected chi connectivity index (χ4v) is 2.69. The van der Waals surface area contributed by atoms with Crippen LogP contribution in [0.5, 0.6) is 0 Å². The molecule has 21 heavy (non-hydrogen) atoms. The predicted octanol–water partition coefficient (Wildman–Crippen LogP) is 2.84. The zero-order valence-corrected chi connectivity index (χ0v) is 13.1. The van der Waals surface area contributed by atoms with Gasteiger partial charge in [0.2, 0.25) is 0 Å². The van der Waals surface area contributed by atoms with Gasteiger partial charge in [0.15, 0.2) is 0 Å². The quantitative estimate of drug-likeness (QED) is 0.756. The zero-order valence-electron chi connectivity index (χ0n) is 11.6. The summed E-state index contributed by atoms with van der Waals surface area (Å²) in [5, 5.41) is 14.4. The summed E-state index contributed by atoms with van der Waals surface area (Å²) >= 11 is 3.22. The molecule has 0 aromatic heterocycles. The van der Waals surface area contributed by atoms with Gasteiger partial charge in [-0.2, -0.15) is 0 Å². The van der Waals surface area contributed by atoms with E-state index < -0.39 is 5.97 Å². The Morgan fingerprint density at radius 1 is 1.38 bits per heavy atom. The van der Waals surface area contributed by atoms with Crippen molar-refractivity contribution in [1.29, 1.82) is 0 Å². The van der Waals surface area contributed by atoms with Gasteiger partial charge in [-0.25, -0.2) is 9.59 Å². The van der Waals surface area contributed by atoms with Gasteiger partial charge in [0.1, 0.15) is 0 Å². The van der Waals surface area contributed by atoms with Crippen molar-refractivity contribution in [2.75, 3.05) is 11.9 Å². The van der Waals surface area contributed by atoms with Gasteiger partial charge in [-0.1, -0.05) is 15.9 Å². The lowest BCUT2D eigenvalue weighted by molar-refractivity contribution is -0.00673. The lowest BCUT2D eigenvalue weighted by Gasteiger charge is -2.35. The van der Waals surface area contributed by atoms with E-state index in [4.69, 9.17) is 9.84 Å². The fourth-order valence-electron chi connectivity index (χ4n) is 2.19. The lowest BCUT2D eigenvalue weighted by atomic mass is 9.89. The highest BCUT2D eigenvalue weighted by Gasteiger charge is 2.30.